The van der Waals surface area contributed by atoms with Gasteiger partial charge in [-0.05, 0) is 61.2 Å². The molecule has 4 aromatic rings. The zero-order chi connectivity index (χ0) is 28.5. The van der Waals surface area contributed by atoms with Crippen LogP contribution >= 0.6 is 0 Å². The molecule has 0 N–H and O–H groups in total. The highest BCUT2D eigenvalue weighted by Gasteiger charge is 2.34. The maximum Gasteiger partial charge on any atom is 0.258 e. The lowest BCUT2D eigenvalue weighted by atomic mass is 9.96. The number of halogens is 2. The monoisotopic (exact) mass is 557 g/mol. The number of carbonyl (C=O) groups excluding carboxylic acids is 1. The van der Waals surface area contributed by atoms with Crippen LogP contribution in [0.2, 0.25) is 0 Å². The Morgan fingerprint density at radius 3 is 2.29 bits per heavy atom. The molecular weight excluding hydrogens is 528 g/mol. The van der Waals surface area contributed by atoms with Crippen LogP contribution in [0.3, 0.4) is 0 Å². The Labute approximate surface area is 236 Å². The van der Waals surface area contributed by atoms with E-state index in [1.54, 1.807) is 31.3 Å². The van der Waals surface area contributed by atoms with Gasteiger partial charge in [0, 0.05) is 18.1 Å². The van der Waals surface area contributed by atoms with Gasteiger partial charge in [-0.1, -0.05) is 18.2 Å². The van der Waals surface area contributed by atoms with Crippen LogP contribution in [0.4, 0.5) is 8.78 Å². The van der Waals surface area contributed by atoms with E-state index in [-0.39, 0.29) is 42.9 Å². The molecule has 9 heteroatoms. The third kappa shape index (κ3) is 5.31. The molecule has 1 aromatic heterocycles. The third-order valence-corrected chi connectivity index (χ3v) is 7.59. The van der Waals surface area contributed by atoms with Gasteiger partial charge in [-0.25, -0.2) is 18.7 Å². The van der Waals surface area contributed by atoms with Crippen LogP contribution in [0.1, 0.15) is 52.1 Å². The average molecular weight is 558 g/mol. The number of hydrogen-bond acceptors (Lipinski definition) is 6. The molecular formula is C32H29F2N3O4. The minimum atomic E-state index is -0.766. The molecule has 2 heterocycles. The number of aromatic nitrogens is 2. The summed E-state index contributed by atoms with van der Waals surface area (Å²) in [5.74, 6) is 0.133. The number of methoxy groups -OCH3 is 2. The van der Waals surface area contributed by atoms with Crippen molar-refractivity contribution in [1.82, 2.24) is 14.9 Å². The van der Waals surface area contributed by atoms with Gasteiger partial charge in [0.1, 0.15) is 28.9 Å². The van der Waals surface area contributed by atoms with Gasteiger partial charge >= 0.3 is 0 Å². The van der Waals surface area contributed by atoms with Crippen LogP contribution in [-0.4, -0.2) is 41.1 Å². The summed E-state index contributed by atoms with van der Waals surface area (Å²) in [6.07, 6.45) is 3.85. The van der Waals surface area contributed by atoms with Gasteiger partial charge < -0.3 is 19.1 Å². The highest BCUT2D eigenvalue weighted by molar-refractivity contribution is 5.99. The molecule has 0 atom stereocenters. The molecule has 1 aliphatic heterocycles. The van der Waals surface area contributed by atoms with E-state index in [4.69, 9.17) is 14.2 Å². The number of nitrogens with zero attached hydrogens (tertiary/aromatic N) is 3. The van der Waals surface area contributed by atoms with Crippen LogP contribution in [-0.2, 0) is 19.5 Å². The first-order valence-corrected chi connectivity index (χ1v) is 13.5. The molecule has 0 radical (unpaired) electrons. The number of ether oxygens (including phenoxy) is 3. The largest absolute Gasteiger partial charge is 0.497 e. The van der Waals surface area contributed by atoms with E-state index in [0.717, 1.165) is 29.7 Å². The number of rotatable bonds is 9. The molecule has 6 rings (SSSR count). The predicted molar refractivity (Wildman–Crippen MR) is 148 cm³/mol. The summed E-state index contributed by atoms with van der Waals surface area (Å²) in [4.78, 5) is 24.4. The van der Waals surface area contributed by atoms with Crippen molar-refractivity contribution < 1.29 is 27.8 Å². The number of hydrogen-bond donors (Lipinski definition) is 0. The summed E-state index contributed by atoms with van der Waals surface area (Å²) in [5.41, 5.74) is 2.54. The number of benzene rings is 3. The topological polar surface area (TPSA) is 73.8 Å². The quantitative estimate of drug-likeness (QED) is 0.247. The third-order valence-electron chi connectivity index (χ3n) is 7.59. The van der Waals surface area contributed by atoms with E-state index in [1.807, 2.05) is 30.3 Å². The molecule has 1 saturated carbocycles. The van der Waals surface area contributed by atoms with Crippen molar-refractivity contribution in [1.29, 1.82) is 0 Å². The maximum absolute atomic E-state index is 14.8. The molecule has 2 aliphatic rings. The number of fused-ring (bicyclic) bond motifs is 1. The Balaban J connectivity index is 1.35. The lowest BCUT2D eigenvalue weighted by Gasteiger charge is -2.26. The number of amides is 1. The van der Waals surface area contributed by atoms with Gasteiger partial charge in [-0.2, -0.15) is 0 Å². The second kappa shape index (κ2) is 11.2. The van der Waals surface area contributed by atoms with E-state index < -0.39 is 11.6 Å². The predicted octanol–water partition coefficient (Wildman–Crippen LogP) is 6.12. The smallest absolute Gasteiger partial charge is 0.258 e. The van der Waals surface area contributed by atoms with Crippen molar-refractivity contribution in [3.8, 4) is 28.6 Å². The molecule has 210 valence electrons. The Kier molecular flexibility index (Phi) is 7.26. The fraction of sp³-hybridized carbons (Fsp3) is 0.281. The molecule has 0 unspecified atom stereocenters. The summed E-state index contributed by atoms with van der Waals surface area (Å²) in [5, 5.41) is 0. The standard InChI is InChI=1S/C32H29F2N3O4/c1-39-23-14-11-20(28(16-23)40-2)17-37-18-27-30(32(37)38)26(35-31(36-27)29-24(33)7-4-8-25(29)34)15-19-9-12-22(13-10-19)41-21-5-3-6-21/h4,7-14,16,21H,3,5-6,15,17-18H2,1-2H3. The maximum atomic E-state index is 14.8. The van der Waals surface area contributed by atoms with Crippen molar-refractivity contribution in [2.75, 3.05) is 14.2 Å². The van der Waals surface area contributed by atoms with Crippen molar-refractivity contribution in [2.45, 2.75) is 44.9 Å². The minimum Gasteiger partial charge on any atom is -0.497 e. The Bertz CT molecular complexity index is 1590. The molecule has 41 heavy (non-hydrogen) atoms. The molecule has 1 amide bonds. The molecule has 7 nitrogen and oxygen atoms in total. The van der Waals surface area contributed by atoms with Crippen molar-refractivity contribution in [3.63, 3.8) is 0 Å². The van der Waals surface area contributed by atoms with Gasteiger partial charge in [0.2, 0.25) is 0 Å². The van der Waals surface area contributed by atoms with E-state index in [9.17, 15) is 13.6 Å². The highest BCUT2D eigenvalue weighted by atomic mass is 19.1. The van der Waals surface area contributed by atoms with Crippen molar-refractivity contribution in [2.24, 2.45) is 0 Å². The molecule has 3 aromatic carbocycles. The molecule has 0 spiro atoms. The molecule has 1 fully saturated rings. The summed E-state index contributed by atoms with van der Waals surface area (Å²) in [6.45, 7) is 0.411. The van der Waals surface area contributed by atoms with E-state index in [0.29, 0.717) is 28.5 Å². The lowest BCUT2D eigenvalue weighted by molar-refractivity contribution is 0.0764. The molecule has 0 bridgehead atoms. The molecule has 1 aliphatic carbocycles. The first-order chi connectivity index (χ1) is 19.9. The highest BCUT2D eigenvalue weighted by Crippen LogP contribution is 2.33. The van der Waals surface area contributed by atoms with Crippen LogP contribution in [0.5, 0.6) is 17.2 Å². The van der Waals surface area contributed by atoms with Gasteiger partial charge in [-0.15, -0.1) is 0 Å². The zero-order valence-corrected chi connectivity index (χ0v) is 22.8. The van der Waals surface area contributed by atoms with Crippen LogP contribution < -0.4 is 14.2 Å². The fourth-order valence-corrected chi connectivity index (χ4v) is 5.16. The van der Waals surface area contributed by atoms with E-state index in [1.165, 1.54) is 24.6 Å². The van der Waals surface area contributed by atoms with E-state index >= 15 is 0 Å². The molecule has 0 saturated heterocycles. The lowest BCUT2D eigenvalue weighted by Crippen LogP contribution is -2.24. The van der Waals surface area contributed by atoms with Gasteiger partial charge in [-0.3, -0.25) is 4.79 Å². The minimum absolute atomic E-state index is 0.0871. The van der Waals surface area contributed by atoms with Gasteiger partial charge in [0.25, 0.3) is 5.91 Å². The first kappa shape index (κ1) is 26.7. The normalized spacial score (nSPS) is 14.5. The second-order valence-corrected chi connectivity index (χ2v) is 10.2. The van der Waals surface area contributed by atoms with Crippen molar-refractivity contribution in [3.05, 3.63) is 100 Å². The van der Waals surface area contributed by atoms with E-state index in [2.05, 4.69) is 9.97 Å². The van der Waals surface area contributed by atoms with Gasteiger partial charge in [0.15, 0.2) is 5.82 Å². The van der Waals surface area contributed by atoms with Crippen LogP contribution in [0.15, 0.2) is 60.7 Å². The SMILES string of the molecule is COc1ccc(CN2Cc3nc(-c4c(F)cccc4F)nc(Cc4ccc(OC5CCC5)cc4)c3C2=O)c(OC)c1. The van der Waals surface area contributed by atoms with Crippen LogP contribution in [0.25, 0.3) is 11.4 Å². The zero-order valence-electron chi connectivity index (χ0n) is 22.8. The average Bonchev–Trinajstić information content (AvgIpc) is 3.26. The Morgan fingerprint density at radius 1 is 0.902 bits per heavy atom. The Hall–Kier alpha value is -4.53. The number of carbonyl (C=O) groups is 1. The summed E-state index contributed by atoms with van der Waals surface area (Å²) >= 11 is 0. The Morgan fingerprint density at radius 2 is 1.63 bits per heavy atom. The van der Waals surface area contributed by atoms with Gasteiger partial charge in [0.05, 0.1) is 55.9 Å². The summed E-state index contributed by atoms with van der Waals surface area (Å²) in [7, 11) is 3.13. The summed E-state index contributed by atoms with van der Waals surface area (Å²) in [6, 6.07) is 16.7. The summed E-state index contributed by atoms with van der Waals surface area (Å²) < 4.78 is 46.3. The van der Waals surface area contributed by atoms with Crippen molar-refractivity contribution >= 4 is 5.91 Å². The van der Waals surface area contributed by atoms with Crippen LogP contribution in [0, 0.1) is 11.6 Å². The second-order valence-electron chi connectivity index (χ2n) is 10.2. The fourth-order valence-electron chi connectivity index (χ4n) is 5.16. The first-order valence-electron chi connectivity index (χ1n) is 13.5.